The first-order chi connectivity index (χ1) is 7.05. The number of nitrogens with zero attached hydrogens (tertiary/aromatic N) is 1. The van der Waals surface area contributed by atoms with Crippen LogP contribution in [0.1, 0.15) is 25.7 Å². The second-order valence-electron chi connectivity index (χ2n) is 4.46. The molecule has 0 spiro atoms. The maximum absolute atomic E-state index is 12.9. The summed E-state index contributed by atoms with van der Waals surface area (Å²) in [7, 11) is 0. The predicted octanol–water partition coefficient (Wildman–Crippen LogP) is 0.996. The fraction of sp³-hybridized carbons (Fsp3) is 0.900. The quantitative estimate of drug-likeness (QED) is 0.749. The molecule has 0 aromatic rings. The van der Waals surface area contributed by atoms with E-state index < -0.39 is 5.92 Å². The van der Waals surface area contributed by atoms with Crippen molar-refractivity contribution in [2.24, 2.45) is 0 Å². The molecule has 5 heteroatoms. The highest BCUT2D eigenvalue weighted by Crippen LogP contribution is 2.27. The zero-order chi connectivity index (χ0) is 10.9. The molecular weight excluding hydrogens is 202 g/mol. The Kier molecular flexibility index (Phi) is 2.91. The third-order valence-electron chi connectivity index (χ3n) is 3.15. The van der Waals surface area contributed by atoms with Crippen molar-refractivity contribution in [3.8, 4) is 0 Å². The van der Waals surface area contributed by atoms with Crippen LogP contribution in [-0.2, 0) is 4.79 Å². The van der Waals surface area contributed by atoms with Crippen LogP contribution in [-0.4, -0.2) is 42.4 Å². The van der Waals surface area contributed by atoms with Crippen molar-refractivity contribution in [1.82, 2.24) is 10.2 Å². The lowest BCUT2D eigenvalue weighted by Gasteiger charge is -2.33. The maximum atomic E-state index is 12.9. The molecule has 15 heavy (non-hydrogen) atoms. The number of carbonyl (C=O) groups is 1. The van der Waals surface area contributed by atoms with E-state index in [4.69, 9.17) is 0 Å². The SMILES string of the molecule is O=C1CC[C@@H](CN2CCC(F)(F)CC2)N1. The summed E-state index contributed by atoms with van der Waals surface area (Å²) in [5.41, 5.74) is 0. The van der Waals surface area contributed by atoms with Gasteiger partial charge in [0.15, 0.2) is 0 Å². The minimum absolute atomic E-state index is 0.0479. The van der Waals surface area contributed by atoms with E-state index in [1.807, 2.05) is 4.90 Å². The van der Waals surface area contributed by atoms with Gasteiger partial charge >= 0.3 is 0 Å². The fourth-order valence-corrected chi connectivity index (χ4v) is 2.19. The van der Waals surface area contributed by atoms with Gasteiger partial charge in [0.2, 0.25) is 5.91 Å². The Morgan fingerprint density at radius 3 is 2.60 bits per heavy atom. The van der Waals surface area contributed by atoms with Crippen LogP contribution in [0.25, 0.3) is 0 Å². The van der Waals surface area contributed by atoms with Gasteiger partial charge in [0.05, 0.1) is 0 Å². The average molecular weight is 218 g/mol. The van der Waals surface area contributed by atoms with E-state index >= 15 is 0 Å². The molecule has 1 N–H and O–H groups in total. The Morgan fingerprint density at radius 1 is 1.40 bits per heavy atom. The molecule has 2 aliphatic heterocycles. The summed E-state index contributed by atoms with van der Waals surface area (Å²) < 4.78 is 25.7. The standard InChI is InChI=1S/C10H16F2N2O/c11-10(12)3-5-14(6-4-10)7-8-1-2-9(15)13-8/h8H,1-7H2,(H,13,15)/t8-/m0/s1. The summed E-state index contributed by atoms with van der Waals surface area (Å²) in [5, 5.41) is 2.85. The van der Waals surface area contributed by atoms with Gasteiger partial charge in [0.25, 0.3) is 5.92 Å². The molecule has 1 atom stereocenters. The lowest BCUT2D eigenvalue weighted by atomic mass is 10.1. The number of amides is 1. The molecule has 2 rings (SSSR count). The van der Waals surface area contributed by atoms with Crippen LogP contribution in [0, 0.1) is 0 Å². The fourth-order valence-electron chi connectivity index (χ4n) is 2.19. The number of halogens is 2. The molecule has 0 radical (unpaired) electrons. The highest BCUT2D eigenvalue weighted by atomic mass is 19.3. The molecule has 0 aliphatic carbocycles. The summed E-state index contributed by atoms with van der Waals surface area (Å²) in [5.74, 6) is -2.39. The van der Waals surface area contributed by atoms with Crippen molar-refractivity contribution in [1.29, 1.82) is 0 Å². The molecule has 0 saturated carbocycles. The van der Waals surface area contributed by atoms with Crippen molar-refractivity contribution < 1.29 is 13.6 Å². The number of carbonyl (C=O) groups excluding carboxylic acids is 1. The van der Waals surface area contributed by atoms with Crippen LogP contribution in [0.4, 0.5) is 8.78 Å². The maximum Gasteiger partial charge on any atom is 0.250 e. The Labute approximate surface area is 87.8 Å². The minimum Gasteiger partial charge on any atom is -0.352 e. The molecular formula is C10H16F2N2O. The minimum atomic E-state index is -2.48. The molecule has 2 fully saturated rings. The van der Waals surface area contributed by atoms with E-state index in [0.717, 1.165) is 13.0 Å². The number of piperidine rings is 1. The third kappa shape index (κ3) is 2.87. The topological polar surface area (TPSA) is 32.3 Å². The third-order valence-corrected chi connectivity index (χ3v) is 3.15. The van der Waals surface area contributed by atoms with Gasteiger partial charge in [-0.05, 0) is 6.42 Å². The van der Waals surface area contributed by atoms with Crippen LogP contribution < -0.4 is 5.32 Å². The van der Waals surface area contributed by atoms with Gasteiger partial charge in [-0.25, -0.2) is 8.78 Å². The van der Waals surface area contributed by atoms with Gasteiger partial charge in [-0.2, -0.15) is 0 Å². The highest BCUT2D eigenvalue weighted by molar-refractivity contribution is 5.78. The first kappa shape index (κ1) is 10.8. The summed E-state index contributed by atoms with van der Waals surface area (Å²) >= 11 is 0. The normalized spacial score (nSPS) is 31.6. The van der Waals surface area contributed by atoms with Crippen LogP contribution in [0.5, 0.6) is 0 Å². The van der Waals surface area contributed by atoms with Crippen LogP contribution in [0.15, 0.2) is 0 Å². The van der Waals surface area contributed by atoms with E-state index in [0.29, 0.717) is 19.5 Å². The number of nitrogens with one attached hydrogen (secondary N) is 1. The van der Waals surface area contributed by atoms with Gasteiger partial charge in [-0.15, -0.1) is 0 Å². The zero-order valence-corrected chi connectivity index (χ0v) is 8.64. The second kappa shape index (κ2) is 4.04. The summed E-state index contributed by atoms with van der Waals surface area (Å²) in [6.07, 6.45) is 1.32. The largest absolute Gasteiger partial charge is 0.352 e. The first-order valence-corrected chi connectivity index (χ1v) is 5.45. The van der Waals surface area contributed by atoms with E-state index in [2.05, 4.69) is 5.32 Å². The highest BCUT2D eigenvalue weighted by Gasteiger charge is 2.35. The van der Waals surface area contributed by atoms with E-state index in [-0.39, 0.29) is 24.8 Å². The van der Waals surface area contributed by atoms with Crippen LogP contribution in [0.3, 0.4) is 0 Å². The van der Waals surface area contributed by atoms with Gasteiger partial charge in [-0.3, -0.25) is 4.79 Å². The Balaban J connectivity index is 1.75. The monoisotopic (exact) mass is 218 g/mol. The van der Waals surface area contributed by atoms with Gasteiger partial charge in [-0.1, -0.05) is 0 Å². The van der Waals surface area contributed by atoms with E-state index in [1.54, 1.807) is 0 Å². The molecule has 0 aromatic heterocycles. The molecule has 0 bridgehead atoms. The lowest BCUT2D eigenvalue weighted by molar-refractivity contribution is -0.119. The zero-order valence-electron chi connectivity index (χ0n) is 8.64. The van der Waals surface area contributed by atoms with Gasteiger partial charge in [0.1, 0.15) is 0 Å². The molecule has 0 unspecified atom stereocenters. The first-order valence-electron chi connectivity index (χ1n) is 5.45. The number of likely N-dealkylation sites (tertiary alicyclic amines) is 1. The van der Waals surface area contributed by atoms with E-state index in [1.165, 1.54) is 0 Å². The molecule has 2 heterocycles. The van der Waals surface area contributed by atoms with Crippen molar-refractivity contribution in [2.75, 3.05) is 19.6 Å². The summed E-state index contributed by atoms with van der Waals surface area (Å²) in [6, 6.07) is 0.171. The number of hydrogen-bond acceptors (Lipinski definition) is 2. The Hall–Kier alpha value is -0.710. The van der Waals surface area contributed by atoms with Crippen molar-refractivity contribution in [3.05, 3.63) is 0 Å². The van der Waals surface area contributed by atoms with Gasteiger partial charge < -0.3 is 10.2 Å². The lowest BCUT2D eigenvalue weighted by Crippen LogP contribution is -2.45. The molecule has 1 amide bonds. The van der Waals surface area contributed by atoms with Crippen molar-refractivity contribution in [3.63, 3.8) is 0 Å². The van der Waals surface area contributed by atoms with Crippen molar-refractivity contribution >= 4 is 5.91 Å². The second-order valence-corrected chi connectivity index (χ2v) is 4.46. The Morgan fingerprint density at radius 2 is 2.07 bits per heavy atom. The molecule has 0 aromatic carbocycles. The summed E-state index contributed by atoms with van der Waals surface area (Å²) in [4.78, 5) is 13.0. The summed E-state index contributed by atoms with van der Waals surface area (Å²) in [6.45, 7) is 1.61. The molecule has 3 nitrogen and oxygen atoms in total. The number of rotatable bonds is 2. The smallest absolute Gasteiger partial charge is 0.250 e. The van der Waals surface area contributed by atoms with Crippen LogP contribution >= 0.6 is 0 Å². The number of alkyl halides is 2. The molecule has 2 aliphatic rings. The number of hydrogen-bond donors (Lipinski definition) is 1. The van der Waals surface area contributed by atoms with Crippen molar-refractivity contribution in [2.45, 2.75) is 37.6 Å². The Bertz CT molecular complexity index is 248. The molecule has 2 saturated heterocycles. The molecule has 86 valence electrons. The average Bonchev–Trinajstić information content (AvgIpc) is 2.55. The van der Waals surface area contributed by atoms with Gasteiger partial charge in [0, 0.05) is 44.9 Å². The predicted molar refractivity (Wildman–Crippen MR) is 51.8 cm³/mol. The van der Waals surface area contributed by atoms with E-state index in [9.17, 15) is 13.6 Å². The van der Waals surface area contributed by atoms with Crippen LogP contribution in [0.2, 0.25) is 0 Å².